The quantitative estimate of drug-likeness (QED) is 0.615. The normalized spacial score (nSPS) is 18.0. The lowest BCUT2D eigenvalue weighted by molar-refractivity contribution is 0.156. The maximum atomic E-state index is 2.57. The van der Waals surface area contributed by atoms with Crippen molar-refractivity contribution in [3.63, 3.8) is 0 Å². The summed E-state index contributed by atoms with van der Waals surface area (Å²) in [6, 6.07) is 0.757. The summed E-state index contributed by atoms with van der Waals surface area (Å²) >= 11 is 0. The largest absolute Gasteiger partial charge is 0.301 e. The van der Waals surface area contributed by atoms with E-state index in [1.807, 2.05) is 27.7 Å². The molecule has 1 nitrogen and oxygen atoms in total. The van der Waals surface area contributed by atoms with Crippen molar-refractivity contribution < 1.29 is 0 Å². The Labute approximate surface area is 91.9 Å². The van der Waals surface area contributed by atoms with Crippen LogP contribution >= 0.6 is 0 Å². The maximum Gasteiger partial charge on any atom is 0.00385 e. The average molecular weight is 201 g/mol. The van der Waals surface area contributed by atoms with Crippen LogP contribution in [0.4, 0.5) is 0 Å². The topological polar surface area (TPSA) is 3.24 Å². The van der Waals surface area contributed by atoms with E-state index in [0.29, 0.717) is 0 Å². The van der Waals surface area contributed by atoms with E-state index in [2.05, 4.69) is 25.7 Å². The summed E-state index contributed by atoms with van der Waals surface area (Å²) in [7, 11) is 0. The zero-order chi connectivity index (χ0) is 11.6. The zero-order valence-electron chi connectivity index (χ0n) is 11.4. The molecule has 1 aliphatic heterocycles. The Kier molecular flexibility index (Phi) is 12.9. The zero-order valence-corrected chi connectivity index (χ0v) is 11.4. The van der Waals surface area contributed by atoms with Gasteiger partial charge in [-0.2, -0.15) is 0 Å². The maximum absolute atomic E-state index is 2.57. The molecule has 0 spiro atoms. The van der Waals surface area contributed by atoms with Gasteiger partial charge in [0, 0.05) is 6.04 Å². The van der Waals surface area contributed by atoms with Crippen LogP contribution < -0.4 is 0 Å². The fourth-order valence-electron chi connectivity index (χ4n) is 1.54. The van der Waals surface area contributed by atoms with Crippen LogP contribution in [0.3, 0.4) is 0 Å². The molecule has 1 heteroatoms. The van der Waals surface area contributed by atoms with Crippen molar-refractivity contribution >= 4 is 0 Å². The van der Waals surface area contributed by atoms with Crippen molar-refractivity contribution in [3.8, 4) is 0 Å². The first-order chi connectivity index (χ1) is 6.70. The second-order valence-corrected chi connectivity index (χ2v) is 3.81. The lowest BCUT2D eigenvalue weighted by atomic mass is 9.98. The smallest absolute Gasteiger partial charge is 0.00385 e. The molecule has 1 heterocycles. The van der Waals surface area contributed by atoms with E-state index in [0.717, 1.165) is 12.0 Å². The van der Waals surface area contributed by atoms with Gasteiger partial charge in [-0.3, -0.25) is 0 Å². The van der Waals surface area contributed by atoms with Gasteiger partial charge in [-0.15, -0.1) is 0 Å². The summed E-state index contributed by atoms with van der Waals surface area (Å²) in [5.41, 5.74) is 0. The summed E-state index contributed by atoms with van der Waals surface area (Å²) in [5, 5.41) is 0. The lowest BCUT2D eigenvalue weighted by Crippen LogP contribution is -2.37. The number of hydrogen-bond donors (Lipinski definition) is 0. The Hall–Kier alpha value is -0.0400. The molecule has 0 radical (unpaired) electrons. The number of piperidine rings is 1. The average Bonchev–Trinajstić information content (AvgIpc) is 2.24. The molecule has 0 amide bonds. The first-order valence-electron chi connectivity index (χ1n) is 6.44. The molecule has 0 aromatic heterocycles. The van der Waals surface area contributed by atoms with Crippen molar-refractivity contribution in [2.75, 3.05) is 13.1 Å². The van der Waals surface area contributed by atoms with Gasteiger partial charge in [0.25, 0.3) is 0 Å². The molecule has 1 rings (SSSR count). The molecule has 0 aromatic carbocycles. The summed E-state index contributed by atoms with van der Waals surface area (Å²) < 4.78 is 0. The highest BCUT2D eigenvalue weighted by Crippen LogP contribution is 2.17. The first-order valence-corrected chi connectivity index (χ1v) is 6.44. The van der Waals surface area contributed by atoms with E-state index in [1.165, 1.54) is 25.9 Å². The molecule has 1 saturated heterocycles. The van der Waals surface area contributed by atoms with Crippen LogP contribution in [-0.2, 0) is 0 Å². The van der Waals surface area contributed by atoms with Gasteiger partial charge in [-0.1, -0.05) is 34.6 Å². The summed E-state index contributed by atoms with van der Waals surface area (Å²) in [4.78, 5) is 2.57. The van der Waals surface area contributed by atoms with E-state index in [1.54, 1.807) is 0 Å². The molecular formula is C13H31N. The van der Waals surface area contributed by atoms with E-state index < -0.39 is 0 Å². The van der Waals surface area contributed by atoms with E-state index in [4.69, 9.17) is 0 Å². The van der Waals surface area contributed by atoms with Gasteiger partial charge in [-0.25, -0.2) is 0 Å². The van der Waals surface area contributed by atoms with Crippen LogP contribution in [0.2, 0.25) is 0 Å². The Balaban J connectivity index is 0. The molecule has 88 valence electrons. The Morgan fingerprint density at radius 3 is 1.57 bits per heavy atom. The van der Waals surface area contributed by atoms with Gasteiger partial charge in [0.15, 0.2) is 0 Å². The van der Waals surface area contributed by atoms with Crippen molar-refractivity contribution in [2.45, 2.75) is 67.3 Å². The second-order valence-electron chi connectivity index (χ2n) is 3.81. The minimum atomic E-state index is 0.757. The van der Waals surface area contributed by atoms with Crippen molar-refractivity contribution in [1.82, 2.24) is 4.90 Å². The number of nitrogens with zero attached hydrogens (tertiary/aromatic N) is 1. The third-order valence-electron chi connectivity index (χ3n) is 2.55. The molecule has 0 atom stereocenters. The Morgan fingerprint density at radius 1 is 0.929 bits per heavy atom. The molecule has 0 aliphatic carbocycles. The molecule has 1 fully saturated rings. The summed E-state index contributed by atoms with van der Waals surface area (Å²) in [6.07, 6.45) is 2.80. The van der Waals surface area contributed by atoms with Crippen molar-refractivity contribution in [2.24, 2.45) is 5.92 Å². The predicted octanol–water partition coefficient (Wildman–Crippen LogP) is 4.18. The molecule has 0 unspecified atom stereocenters. The van der Waals surface area contributed by atoms with Crippen molar-refractivity contribution in [1.29, 1.82) is 0 Å². The first kappa shape index (κ1) is 16.4. The molecule has 1 aliphatic rings. The lowest BCUT2D eigenvalue weighted by Gasteiger charge is -2.33. The van der Waals surface area contributed by atoms with Crippen LogP contribution in [0.15, 0.2) is 0 Å². The van der Waals surface area contributed by atoms with Gasteiger partial charge in [0.1, 0.15) is 0 Å². The molecule has 0 saturated carbocycles. The Bertz CT molecular complexity index is 91.4. The highest BCUT2D eigenvalue weighted by Gasteiger charge is 2.16. The SMILES string of the molecule is CC.CC.CC1CCN(C(C)C)CC1. The van der Waals surface area contributed by atoms with Gasteiger partial charge in [0.2, 0.25) is 0 Å². The summed E-state index contributed by atoms with van der Waals surface area (Å²) in [6.45, 7) is 17.6. The van der Waals surface area contributed by atoms with Crippen LogP contribution in [0.5, 0.6) is 0 Å². The van der Waals surface area contributed by atoms with E-state index in [9.17, 15) is 0 Å². The monoisotopic (exact) mass is 201 g/mol. The number of likely N-dealkylation sites (tertiary alicyclic amines) is 1. The molecule has 0 aromatic rings. The minimum Gasteiger partial charge on any atom is -0.301 e. The molecule has 14 heavy (non-hydrogen) atoms. The predicted molar refractivity (Wildman–Crippen MR) is 67.8 cm³/mol. The molecule has 0 bridgehead atoms. The fourth-order valence-corrected chi connectivity index (χ4v) is 1.54. The van der Waals surface area contributed by atoms with Crippen LogP contribution in [-0.4, -0.2) is 24.0 Å². The van der Waals surface area contributed by atoms with Gasteiger partial charge < -0.3 is 4.90 Å². The van der Waals surface area contributed by atoms with Crippen LogP contribution in [0.25, 0.3) is 0 Å². The number of hydrogen-bond acceptors (Lipinski definition) is 1. The molecular weight excluding hydrogens is 170 g/mol. The summed E-state index contributed by atoms with van der Waals surface area (Å²) in [5.74, 6) is 0.968. The van der Waals surface area contributed by atoms with Gasteiger partial charge in [-0.05, 0) is 45.7 Å². The van der Waals surface area contributed by atoms with Crippen molar-refractivity contribution in [3.05, 3.63) is 0 Å². The van der Waals surface area contributed by atoms with Gasteiger partial charge in [0.05, 0.1) is 0 Å². The minimum absolute atomic E-state index is 0.757. The van der Waals surface area contributed by atoms with E-state index >= 15 is 0 Å². The van der Waals surface area contributed by atoms with E-state index in [-0.39, 0.29) is 0 Å². The third-order valence-corrected chi connectivity index (χ3v) is 2.55. The number of rotatable bonds is 1. The third kappa shape index (κ3) is 7.37. The van der Waals surface area contributed by atoms with Gasteiger partial charge >= 0.3 is 0 Å². The van der Waals surface area contributed by atoms with Crippen LogP contribution in [0.1, 0.15) is 61.3 Å². The second kappa shape index (κ2) is 11.0. The highest BCUT2D eigenvalue weighted by atomic mass is 15.1. The fraction of sp³-hybridized carbons (Fsp3) is 1.00. The van der Waals surface area contributed by atoms with Crippen LogP contribution in [0, 0.1) is 5.92 Å². The standard InChI is InChI=1S/C9H19N.2C2H6/c1-8(2)10-6-4-9(3)5-7-10;2*1-2/h8-9H,4-7H2,1-3H3;2*1-2H3. The Morgan fingerprint density at radius 2 is 1.29 bits per heavy atom. The highest BCUT2D eigenvalue weighted by molar-refractivity contribution is 4.71. The molecule has 0 N–H and O–H groups in total.